The second kappa shape index (κ2) is 2.11. The van der Waals surface area contributed by atoms with Crippen molar-refractivity contribution in [2.24, 2.45) is 7.05 Å². The van der Waals surface area contributed by atoms with E-state index in [1.54, 1.807) is 11.3 Å². The van der Waals surface area contributed by atoms with Crippen LogP contribution in [0.3, 0.4) is 0 Å². The molecule has 0 N–H and O–H groups in total. The summed E-state index contributed by atoms with van der Waals surface area (Å²) in [6, 6.07) is 2.00. The molecule has 0 spiro atoms. The smallest absolute Gasteiger partial charge is 0.143 e. The number of hydrogen-bond donors (Lipinski definition) is 0. The predicted molar refractivity (Wildman–Crippen MR) is 46.5 cm³/mol. The van der Waals surface area contributed by atoms with Crippen LogP contribution in [0.5, 0.6) is 0 Å². The molecule has 2 aromatic rings. The molecule has 0 atom stereocenters. The van der Waals surface area contributed by atoms with E-state index >= 15 is 0 Å². The highest BCUT2D eigenvalue weighted by atomic mass is 32.1. The van der Waals surface area contributed by atoms with Crippen molar-refractivity contribution in [3.05, 3.63) is 17.1 Å². The Morgan fingerprint density at radius 2 is 2.55 bits per heavy atom. The van der Waals surface area contributed by atoms with Gasteiger partial charge in [-0.2, -0.15) is 5.10 Å². The van der Waals surface area contributed by atoms with E-state index in [0.29, 0.717) is 0 Å². The molecule has 2 heterocycles. The Morgan fingerprint density at radius 1 is 1.73 bits per heavy atom. The maximum Gasteiger partial charge on any atom is 0.143 e. The zero-order valence-corrected chi connectivity index (χ0v) is 6.85. The highest BCUT2D eigenvalue weighted by Crippen LogP contribution is 2.22. The summed E-state index contributed by atoms with van der Waals surface area (Å²) in [5.74, 6) is 2.55. The summed E-state index contributed by atoms with van der Waals surface area (Å²) in [5, 5.41) is 7.26. The lowest BCUT2D eigenvalue weighted by molar-refractivity contribution is 0.797. The van der Waals surface area contributed by atoms with Gasteiger partial charge < -0.3 is 0 Å². The SMILES string of the molecule is C#Cc1nn(C)c2sccc12. The number of thiophene rings is 1. The van der Waals surface area contributed by atoms with Gasteiger partial charge in [-0.15, -0.1) is 17.8 Å². The molecule has 0 aliphatic rings. The van der Waals surface area contributed by atoms with E-state index in [1.807, 2.05) is 23.2 Å². The van der Waals surface area contributed by atoms with Crippen LogP contribution in [0.15, 0.2) is 11.4 Å². The first-order valence-corrected chi connectivity index (χ1v) is 4.07. The summed E-state index contributed by atoms with van der Waals surface area (Å²) < 4.78 is 1.81. The fraction of sp³-hybridized carbons (Fsp3) is 0.125. The van der Waals surface area contributed by atoms with E-state index in [4.69, 9.17) is 6.42 Å². The van der Waals surface area contributed by atoms with Crippen molar-refractivity contribution in [3.8, 4) is 12.3 Å². The molecule has 0 fully saturated rings. The van der Waals surface area contributed by atoms with E-state index in [1.165, 1.54) is 0 Å². The lowest BCUT2D eigenvalue weighted by atomic mass is 10.3. The third-order valence-electron chi connectivity index (χ3n) is 1.58. The minimum atomic E-state index is 0.740. The highest BCUT2D eigenvalue weighted by Gasteiger charge is 2.05. The number of terminal acetylenes is 1. The van der Waals surface area contributed by atoms with Crippen LogP contribution < -0.4 is 0 Å². The number of aryl methyl sites for hydroxylation is 1. The zero-order valence-electron chi connectivity index (χ0n) is 6.03. The van der Waals surface area contributed by atoms with Gasteiger partial charge in [0.15, 0.2) is 0 Å². The van der Waals surface area contributed by atoms with Crippen LogP contribution in [0.25, 0.3) is 10.2 Å². The lowest BCUT2D eigenvalue weighted by Crippen LogP contribution is -1.88. The van der Waals surface area contributed by atoms with Gasteiger partial charge in [0.05, 0.1) is 0 Å². The summed E-state index contributed by atoms with van der Waals surface area (Å²) in [6.45, 7) is 0. The third-order valence-corrected chi connectivity index (χ3v) is 2.56. The van der Waals surface area contributed by atoms with Crippen LogP contribution in [0.1, 0.15) is 5.69 Å². The Kier molecular flexibility index (Phi) is 1.23. The lowest BCUT2D eigenvalue weighted by Gasteiger charge is -1.83. The van der Waals surface area contributed by atoms with Gasteiger partial charge in [0.2, 0.25) is 0 Å². The zero-order chi connectivity index (χ0) is 7.84. The van der Waals surface area contributed by atoms with Gasteiger partial charge in [0.1, 0.15) is 10.5 Å². The van der Waals surface area contributed by atoms with Gasteiger partial charge in [-0.3, -0.25) is 4.68 Å². The maximum atomic E-state index is 5.27. The molecule has 0 radical (unpaired) electrons. The molecule has 3 heteroatoms. The van der Waals surface area contributed by atoms with Gasteiger partial charge in [-0.25, -0.2) is 0 Å². The fourth-order valence-corrected chi connectivity index (χ4v) is 1.91. The van der Waals surface area contributed by atoms with Crippen molar-refractivity contribution in [1.29, 1.82) is 0 Å². The summed E-state index contributed by atoms with van der Waals surface area (Å²) >= 11 is 1.66. The Labute approximate surface area is 68.5 Å². The number of hydrogen-bond acceptors (Lipinski definition) is 2. The van der Waals surface area contributed by atoms with Crippen molar-refractivity contribution in [1.82, 2.24) is 9.78 Å². The number of nitrogens with zero attached hydrogens (tertiary/aromatic N) is 2. The largest absolute Gasteiger partial charge is 0.257 e. The van der Waals surface area contributed by atoms with Crippen molar-refractivity contribution < 1.29 is 0 Å². The van der Waals surface area contributed by atoms with Gasteiger partial charge >= 0.3 is 0 Å². The molecular formula is C8H6N2S. The highest BCUT2D eigenvalue weighted by molar-refractivity contribution is 7.16. The van der Waals surface area contributed by atoms with Gasteiger partial charge in [0.25, 0.3) is 0 Å². The number of aromatic nitrogens is 2. The molecule has 0 saturated carbocycles. The molecule has 0 aromatic carbocycles. The van der Waals surface area contributed by atoms with Crippen molar-refractivity contribution >= 4 is 21.6 Å². The number of rotatable bonds is 0. The molecule has 0 amide bonds. The molecule has 0 unspecified atom stereocenters. The van der Waals surface area contributed by atoms with Crippen molar-refractivity contribution in [3.63, 3.8) is 0 Å². The molecule has 2 rings (SSSR count). The Balaban J connectivity index is 2.94. The van der Waals surface area contributed by atoms with Crippen molar-refractivity contribution in [2.45, 2.75) is 0 Å². The van der Waals surface area contributed by atoms with Crippen LogP contribution >= 0.6 is 11.3 Å². The summed E-state index contributed by atoms with van der Waals surface area (Å²) in [4.78, 5) is 1.14. The van der Waals surface area contributed by atoms with Crippen LogP contribution in [-0.2, 0) is 7.05 Å². The van der Waals surface area contributed by atoms with Crippen LogP contribution in [0.4, 0.5) is 0 Å². The molecule has 0 bridgehead atoms. The van der Waals surface area contributed by atoms with Gasteiger partial charge in [0, 0.05) is 12.4 Å². The van der Waals surface area contributed by atoms with E-state index in [-0.39, 0.29) is 0 Å². The Morgan fingerprint density at radius 3 is 3.27 bits per heavy atom. The standard InChI is InChI=1S/C8H6N2S/c1-3-7-6-4-5-11-8(6)10(2)9-7/h1,4-5H,2H3. The minimum absolute atomic E-state index is 0.740. The molecule has 11 heavy (non-hydrogen) atoms. The predicted octanol–water partition coefficient (Wildman–Crippen LogP) is 1.62. The van der Waals surface area contributed by atoms with E-state index in [0.717, 1.165) is 15.9 Å². The first-order valence-electron chi connectivity index (χ1n) is 3.19. The average Bonchev–Trinajstić information content (AvgIpc) is 2.54. The average molecular weight is 162 g/mol. The Bertz CT molecular complexity index is 430. The Hall–Kier alpha value is -1.27. The first kappa shape index (κ1) is 6.44. The van der Waals surface area contributed by atoms with Gasteiger partial charge in [-0.1, -0.05) is 0 Å². The monoisotopic (exact) mass is 162 g/mol. The topological polar surface area (TPSA) is 17.8 Å². The molecule has 54 valence electrons. The molecule has 0 aliphatic heterocycles. The molecule has 0 aliphatic carbocycles. The van der Waals surface area contributed by atoms with Crippen LogP contribution in [0.2, 0.25) is 0 Å². The summed E-state index contributed by atoms with van der Waals surface area (Å²) in [7, 11) is 1.90. The third kappa shape index (κ3) is 0.765. The normalized spacial score (nSPS) is 10.2. The minimum Gasteiger partial charge on any atom is -0.257 e. The number of fused-ring (bicyclic) bond motifs is 1. The first-order chi connectivity index (χ1) is 5.33. The van der Waals surface area contributed by atoms with Gasteiger partial charge in [-0.05, 0) is 17.4 Å². The molecule has 2 aromatic heterocycles. The van der Waals surface area contributed by atoms with Crippen LogP contribution in [0, 0.1) is 12.3 Å². The molecule has 2 nitrogen and oxygen atoms in total. The fourth-order valence-electron chi connectivity index (χ4n) is 1.09. The molecular weight excluding hydrogens is 156 g/mol. The van der Waals surface area contributed by atoms with E-state index in [2.05, 4.69) is 11.0 Å². The second-order valence-corrected chi connectivity index (χ2v) is 3.15. The summed E-state index contributed by atoms with van der Waals surface area (Å²) in [5.41, 5.74) is 0.740. The van der Waals surface area contributed by atoms with E-state index in [9.17, 15) is 0 Å². The molecule has 0 saturated heterocycles. The summed E-state index contributed by atoms with van der Waals surface area (Å²) in [6.07, 6.45) is 5.27. The van der Waals surface area contributed by atoms with Crippen LogP contribution in [-0.4, -0.2) is 9.78 Å². The van der Waals surface area contributed by atoms with E-state index < -0.39 is 0 Å². The second-order valence-electron chi connectivity index (χ2n) is 2.26. The maximum absolute atomic E-state index is 5.27. The van der Waals surface area contributed by atoms with Crippen molar-refractivity contribution in [2.75, 3.05) is 0 Å². The quantitative estimate of drug-likeness (QED) is 0.538.